The predicted molar refractivity (Wildman–Crippen MR) is 47.1 cm³/mol. The van der Waals surface area contributed by atoms with Crippen LogP contribution in [0.25, 0.3) is 0 Å². The maximum atomic E-state index is 11.0. The molecule has 0 bridgehead atoms. The molecule has 0 heterocycles. The monoisotopic (exact) mass is 158 g/mol. The molecule has 0 amide bonds. The van der Waals surface area contributed by atoms with Crippen molar-refractivity contribution >= 4 is 0 Å². The Kier molecular flexibility index (Phi) is 0.957. The zero-order valence-corrected chi connectivity index (χ0v) is 6.79. The summed E-state index contributed by atoms with van der Waals surface area (Å²) in [6.45, 7) is 0. The van der Waals surface area contributed by atoms with Crippen molar-refractivity contribution in [1.29, 1.82) is 0 Å². The van der Waals surface area contributed by atoms with Gasteiger partial charge in [-0.15, -0.1) is 0 Å². The molecular weight excluding hydrogens is 148 g/mol. The Morgan fingerprint density at radius 1 is 1.17 bits per heavy atom. The lowest BCUT2D eigenvalue weighted by atomic mass is 10.1. The summed E-state index contributed by atoms with van der Waals surface area (Å²) in [6, 6.07) is 9.27. The van der Waals surface area contributed by atoms with Crippen molar-refractivity contribution < 1.29 is 0 Å². The molecule has 2 saturated carbocycles. The first-order chi connectivity index (χ1) is 5.81. The zero-order valence-electron chi connectivity index (χ0n) is 6.79. The number of hydrogen-bond donors (Lipinski definition) is 0. The summed E-state index contributed by atoms with van der Waals surface area (Å²) in [5.41, 5.74) is 2.01. The summed E-state index contributed by atoms with van der Waals surface area (Å²) >= 11 is 0. The maximum absolute atomic E-state index is 11.0. The van der Waals surface area contributed by atoms with Crippen molar-refractivity contribution in [2.75, 3.05) is 0 Å². The molecule has 3 rings (SSSR count). The fourth-order valence-corrected chi connectivity index (χ4v) is 2.03. The maximum Gasteiger partial charge on any atom is 0.178 e. The Morgan fingerprint density at radius 3 is 2.58 bits per heavy atom. The second kappa shape index (κ2) is 1.79. The van der Waals surface area contributed by atoms with Gasteiger partial charge < -0.3 is 0 Å². The smallest absolute Gasteiger partial charge is 0.178 e. The van der Waals surface area contributed by atoms with Crippen LogP contribution in [-0.2, 0) is 5.41 Å². The molecule has 0 N–H and O–H groups in total. The highest BCUT2D eigenvalue weighted by molar-refractivity contribution is 5.42. The van der Waals surface area contributed by atoms with Gasteiger partial charge in [-0.3, -0.25) is 4.79 Å². The van der Waals surface area contributed by atoms with Crippen LogP contribution in [-0.4, -0.2) is 0 Å². The Morgan fingerprint density at radius 2 is 1.92 bits per heavy atom. The standard InChI is InChI=1S/C11H10O/c12-10-3-1-2-8(4-5-10)11-6-9(11)7-11/h1-5,9H,6-7H2. The van der Waals surface area contributed by atoms with Crippen LogP contribution in [0.15, 0.2) is 35.1 Å². The Bertz CT molecular complexity index is 388. The first-order valence-electron chi connectivity index (χ1n) is 4.42. The third-order valence-electron chi connectivity index (χ3n) is 3.22. The van der Waals surface area contributed by atoms with Crippen molar-refractivity contribution in [2.24, 2.45) is 5.92 Å². The molecule has 12 heavy (non-hydrogen) atoms. The Balaban J connectivity index is 2.13. The predicted octanol–water partition coefficient (Wildman–Crippen LogP) is 1.71. The second-order valence-electron chi connectivity index (χ2n) is 3.98. The van der Waals surface area contributed by atoms with Gasteiger partial charge >= 0.3 is 0 Å². The van der Waals surface area contributed by atoms with E-state index in [0.29, 0.717) is 5.41 Å². The summed E-state index contributed by atoms with van der Waals surface area (Å²) in [6.07, 6.45) is 2.70. The first kappa shape index (κ1) is 6.41. The third kappa shape index (κ3) is 0.711. The molecule has 0 aliphatic heterocycles. The molecule has 1 aromatic carbocycles. The number of fused-ring (bicyclic) bond motifs is 1. The van der Waals surface area contributed by atoms with Crippen LogP contribution < -0.4 is 5.43 Å². The van der Waals surface area contributed by atoms with E-state index in [9.17, 15) is 4.79 Å². The van der Waals surface area contributed by atoms with Gasteiger partial charge in [0, 0.05) is 0 Å². The summed E-state index contributed by atoms with van der Waals surface area (Å²) in [5, 5.41) is 0. The van der Waals surface area contributed by atoms with Crippen LogP contribution in [0, 0.1) is 5.92 Å². The molecule has 0 unspecified atom stereocenters. The van der Waals surface area contributed by atoms with Crippen molar-refractivity contribution in [3.05, 3.63) is 46.1 Å². The largest absolute Gasteiger partial charge is 0.290 e. The molecule has 0 atom stereocenters. The molecule has 1 nitrogen and oxygen atoms in total. The highest BCUT2D eigenvalue weighted by Gasteiger charge is 2.70. The summed E-state index contributed by atoms with van der Waals surface area (Å²) in [4.78, 5) is 11.0. The summed E-state index contributed by atoms with van der Waals surface area (Å²) < 4.78 is 0. The van der Waals surface area contributed by atoms with Gasteiger partial charge in [-0.1, -0.05) is 18.2 Å². The van der Waals surface area contributed by atoms with Gasteiger partial charge in [0.25, 0.3) is 0 Å². The average molecular weight is 158 g/mol. The lowest BCUT2D eigenvalue weighted by Crippen LogP contribution is -1.91. The lowest BCUT2D eigenvalue weighted by Gasteiger charge is -1.98. The molecule has 0 aromatic heterocycles. The van der Waals surface area contributed by atoms with Crippen LogP contribution in [0.3, 0.4) is 0 Å². The van der Waals surface area contributed by atoms with E-state index in [0.717, 1.165) is 5.92 Å². The minimum atomic E-state index is 0.107. The van der Waals surface area contributed by atoms with Gasteiger partial charge in [0.15, 0.2) is 5.43 Å². The van der Waals surface area contributed by atoms with E-state index < -0.39 is 0 Å². The van der Waals surface area contributed by atoms with E-state index in [1.54, 1.807) is 12.1 Å². The van der Waals surface area contributed by atoms with Gasteiger partial charge in [-0.2, -0.15) is 0 Å². The fourth-order valence-electron chi connectivity index (χ4n) is 2.03. The highest BCUT2D eigenvalue weighted by Crippen LogP contribution is 2.75. The van der Waals surface area contributed by atoms with Crippen molar-refractivity contribution in [3.63, 3.8) is 0 Å². The lowest BCUT2D eigenvalue weighted by molar-refractivity contribution is 0.823. The number of rotatable bonds is 1. The van der Waals surface area contributed by atoms with Crippen molar-refractivity contribution in [3.8, 4) is 0 Å². The molecule has 2 aliphatic carbocycles. The van der Waals surface area contributed by atoms with E-state index in [-0.39, 0.29) is 5.43 Å². The van der Waals surface area contributed by atoms with E-state index in [1.165, 1.54) is 18.4 Å². The number of hydrogen-bond acceptors (Lipinski definition) is 1. The first-order valence-corrected chi connectivity index (χ1v) is 4.42. The van der Waals surface area contributed by atoms with Gasteiger partial charge in [0.1, 0.15) is 0 Å². The molecule has 2 fully saturated rings. The van der Waals surface area contributed by atoms with Crippen LogP contribution in [0.5, 0.6) is 0 Å². The molecule has 0 spiro atoms. The van der Waals surface area contributed by atoms with Crippen LogP contribution in [0.1, 0.15) is 18.4 Å². The molecule has 1 heteroatoms. The molecule has 0 saturated heterocycles. The van der Waals surface area contributed by atoms with E-state index >= 15 is 0 Å². The molecule has 0 radical (unpaired) electrons. The summed E-state index contributed by atoms with van der Waals surface area (Å²) in [5.74, 6) is 0.954. The normalized spacial score (nSPS) is 35.5. The summed E-state index contributed by atoms with van der Waals surface area (Å²) in [7, 11) is 0. The third-order valence-corrected chi connectivity index (χ3v) is 3.22. The molecule has 1 aromatic rings. The second-order valence-corrected chi connectivity index (χ2v) is 3.98. The van der Waals surface area contributed by atoms with Gasteiger partial charge in [0.05, 0.1) is 0 Å². The van der Waals surface area contributed by atoms with Crippen molar-refractivity contribution in [1.82, 2.24) is 0 Å². The Hall–Kier alpha value is -1.11. The average Bonchev–Trinajstić information content (AvgIpc) is 2.75. The fraction of sp³-hybridized carbons (Fsp3) is 0.364. The van der Waals surface area contributed by atoms with Gasteiger partial charge in [-0.05, 0) is 41.9 Å². The van der Waals surface area contributed by atoms with Gasteiger partial charge in [0.2, 0.25) is 0 Å². The van der Waals surface area contributed by atoms with Crippen molar-refractivity contribution in [2.45, 2.75) is 18.3 Å². The Labute approximate surface area is 71.1 Å². The quantitative estimate of drug-likeness (QED) is 0.608. The zero-order chi connectivity index (χ0) is 8.18. The van der Waals surface area contributed by atoms with Crippen LogP contribution in [0.4, 0.5) is 0 Å². The minimum absolute atomic E-state index is 0.107. The van der Waals surface area contributed by atoms with Crippen LogP contribution >= 0.6 is 0 Å². The topological polar surface area (TPSA) is 17.1 Å². The van der Waals surface area contributed by atoms with Gasteiger partial charge in [-0.25, -0.2) is 0 Å². The molecular formula is C11H10O. The SMILES string of the molecule is O=c1cccc(C23CC2C3)cc1. The minimum Gasteiger partial charge on any atom is -0.290 e. The molecule has 2 aliphatic rings. The van der Waals surface area contributed by atoms with E-state index in [4.69, 9.17) is 0 Å². The van der Waals surface area contributed by atoms with E-state index in [1.807, 2.05) is 12.1 Å². The van der Waals surface area contributed by atoms with E-state index in [2.05, 4.69) is 6.07 Å². The molecule has 60 valence electrons. The highest BCUT2D eigenvalue weighted by atomic mass is 16.1. The van der Waals surface area contributed by atoms with Crippen LogP contribution in [0.2, 0.25) is 0 Å².